The summed E-state index contributed by atoms with van der Waals surface area (Å²) in [5, 5.41) is 3.03. The lowest BCUT2D eigenvalue weighted by atomic mass is 10.00. The Hall–Kier alpha value is -2.22. The van der Waals surface area contributed by atoms with Crippen molar-refractivity contribution in [1.29, 1.82) is 0 Å². The monoisotopic (exact) mass is 429 g/mol. The first-order chi connectivity index (χ1) is 14.2. The number of hydrogen-bond acceptors (Lipinski definition) is 4. The number of likely N-dealkylation sites (N-methyl/N-ethyl adjacent to an activating group) is 1. The van der Waals surface area contributed by atoms with Gasteiger partial charge in [-0.15, -0.1) is 0 Å². The maximum atomic E-state index is 12.7. The predicted octanol–water partition coefficient (Wildman–Crippen LogP) is 2.87. The lowest BCUT2D eigenvalue weighted by molar-refractivity contribution is 0.0940. The van der Waals surface area contributed by atoms with Crippen LogP contribution in [-0.2, 0) is 15.8 Å². The molecule has 1 fully saturated rings. The molecule has 0 aliphatic carbocycles. The van der Waals surface area contributed by atoms with Crippen LogP contribution >= 0.6 is 0 Å². The average Bonchev–Trinajstić information content (AvgIpc) is 2.68. The Labute approximate surface area is 179 Å². The van der Waals surface area contributed by atoms with Gasteiger partial charge in [0.05, 0.1) is 11.8 Å². The van der Waals surface area contributed by atoms with Gasteiger partial charge in [0.15, 0.2) is 0 Å². The van der Waals surface area contributed by atoms with Crippen LogP contribution in [0.2, 0.25) is 0 Å². The fourth-order valence-electron chi connectivity index (χ4n) is 3.79. The first kappa shape index (κ1) is 22.5. The number of aryl methyl sites for hydroxylation is 2. The number of rotatable bonds is 6. The van der Waals surface area contributed by atoms with E-state index < -0.39 is 10.0 Å². The van der Waals surface area contributed by atoms with Crippen LogP contribution in [0.15, 0.2) is 42.5 Å². The Morgan fingerprint density at radius 1 is 1.03 bits per heavy atom. The van der Waals surface area contributed by atoms with Gasteiger partial charge in [0, 0.05) is 31.7 Å². The predicted molar refractivity (Wildman–Crippen MR) is 120 cm³/mol. The van der Waals surface area contributed by atoms with E-state index in [1.54, 1.807) is 28.6 Å². The van der Waals surface area contributed by atoms with E-state index >= 15 is 0 Å². The maximum absolute atomic E-state index is 12.7. The number of hydrogen-bond donors (Lipinski definition) is 1. The number of piperazine rings is 1. The minimum atomic E-state index is -3.35. The SMILES string of the molecule is Cc1ccc([C@H](C)NC(=O)c2ccc(CS(=O)(=O)N3CCN(C)CC3)cc2)c(C)c1. The average molecular weight is 430 g/mol. The summed E-state index contributed by atoms with van der Waals surface area (Å²) in [6.45, 7) is 8.60. The molecular weight excluding hydrogens is 398 g/mol. The fourth-order valence-corrected chi connectivity index (χ4v) is 5.31. The highest BCUT2D eigenvalue weighted by Crippen LogP contribution is 2.19. The molecule has 2 aromatic rings. The van der Waals surface area contributed by atoms with E-state index in [0.717, 1.165) is 24.2 Å². The zero-order chi connectivity index (χ0) is 21.9. The minimum Gasteiger partial charge on any atom is -0.346 e. The molecule has 0 aromatic heterocycles. The molecule has 2 aromatic carbocycles. The normalized spacial score (nSPS) is 16.9. The van der Waals surface area contributed by atoms with Gasteiger partial charge in [-0.3, -0.25) is 4.79 Å². The molecular formula is C23H31N3O3S. The molecule has 1 N–H and O–H groups in total. The van der Waals surface area contributed by atoms with Crippen LogP contribution < -0.4 is 5.32 Å². The second-order valence-corrected chi connectivity index (χ2v) is 10.2. The van der Waals surface area contributed by atoms with Crippen LogP contribution in [0.25, 0.3) is 0 Å². The van der Waals surface area contributed by atoms with E-state index in [-0.39, 0.29) is 17.7 Å². The number of carbonyl (C=O) groups is 1. The second-order valence-electron chi connectivity index (χ2n) is 8.21. The Morgan fingerprint density at radius 3 is 2.27 bits per heavy atom. The molecule has 7 heteroatoms. The van der Waals surface area contributed by atoms with Crippen LogP contribution in [0.5, 0.6) is 0 Å². The number of sulfonamides is 1. The first-order valence-electron chi connectivity index (χ1n) is 10.3. The van der Waals surface area contributed by atoms with Gasteiger partial charge in [-0.2, -0.15) is 4.31 Å². The van der Waals surface area contributed by atoms with Crippen molar-refractivity contribution in [3.05, 3.63) is 70.3 Å². The molecule has 1 aliphatic rings. The molecule has 0 spiro atoms. The molecule has 162 valence electrons. The van der Waals surface area contributed by atoms with Gasteiger partial charge in [0.2, 0.25) is 10.0 Å². The minimum absolute atomic E-state index is 0.0441. The van der Waals surface area contributed by atoms with Crippen molar-refractivity contribution < 1.29 is 13.2 Å². The number of amides is 1. The number of carbonyl (C=O) groups excluding carboxylic acids is 1. The molecule has 0 unspecified atom stereocenters. The Balaban J connectivity index is 1.62. The lowest BCUT2D eigenvalue weighted by Gasteiger charge is -2.31. The number of benzene rings is 2. The maximum Gasteiger partial charge on any atom is 0.251 e. The Morgan fingerprint density at radius 2 is 1.67 bits per heavy atom. The highest BCUT2D eigenvalue weighted by atomic mass is 32.2. The molecule has 1 aliphatic heterocycles. The zero-order valence-corrected chi connectivity index (χ0v) is 19.0. The summed E-state index contributed by atoms with van der Waals surface area (Å²) < 4.78 is 26.9. The summed E-state index contributed by atoms with van der Waals surface area (Å²) in [5.74, 6) is -0.214. The third kappa shape index (κ3) is 5.47. The van der Waals surface area contributed by atoms with E-state index in [1.165, 1.54) is 5.56 Å². The van der Waals surface area contributed by atoms with Crippen molar-refractivity contribution in [1.82, 2.24) is 14.5 Å². The number of nitrogens with zero attached hydrogens (tertiary/aromatic N) is 2. The van der Waals surface area contributed by atoms with E-state index in [9.17, 15) is 13.2 Å². The van der Waals surface area contributed by atoms with Crippen LogP contribution in [-0.4, -0.2) is 56.8 Å². The number of nitrogens with one attached hydrogen (secondary N) is 1. The summed E-state index contributed by atoms with van der Waals surface area (Å²) in [6, 6.07) is 12.9. The van der Waals surface area contributed by atoms with Gasteiger partial charge >= 0.3 is 0 Å². The van der Waals surface area contributed by atoms with Crippen molar-refractivity contribution in [2.75, 3.05) is 33.2 Å². The third-order valence-electron chi connectivity index (χ3n) is 5.66. The smallest absolute Gasteiger partial charge is 0.251 e. The standard InChI is InChI=1S/C23H31N3O3S/c1-17-5-10-22(18(2)15-17)19(3)24-23(27)21-8-6-20(7-9-21)16-30(28,29)26-13-11-25(4)12-14-26/h5-10,15,19H,11-14,16H2,1-4H3,(H,24,27)/t19-/m0/s1. The molecule has 0 radical (unpaired) electrons. The summed E-state index contributed by atoms with van der Waals surface area (Å²) in [5.41, 5.74) is 4.63. The van der Waals surface area contributed by atoms with Gasteiger partial charge in [-0.05, 0) is 56.6 Å². The molecule has 1 saturated heterocycles. The van der Waals surface area contributed by atoms with Crippen LogP contribution in [0.1, 0.15) is 45.6 Å². The third-order valence-corrected chi connectivity index (χ3v) is 7.51. The summed E-state index contributed by atoms with van der Waals surface area (Å²) >= 11 is 0. The van der Waals surface area contributed by atoms with Gasteiger partial charge in [-0.25, -0.2) is 8.42 Å². The molecule has 0 bridgehead atoms. The molecule has 1 amide bonds. The molecule has 6 nitrogen and oxygen atoms in total. The van der Waals surface area contributed by atoms with Gasteiger partial charge < -0.3 is 10.2 Å². The summed E-state index contributed by atoms with van der Waals surface area (Å²) in [7, 11) is -1.36. The van der Waals surface area contributed by atoms with Crippen LogP contribution in [0, 0.1) is 13.8 Å². The van der Waals surface area contributed by atoms with Gasteiger partial charge in [0.1, 0.15) is 0 Å². The highest BCUT2D eigenvalue weighted by molar-refractivity contribution is 7.88. The van der Waals surface area contributed by atoms with E-state index in [1.807, 2.05) is 40.0 Å². The lowest BCUT2D eigenvalue weighted by Crippen LogP contribution is -2.47. The van der Waals surface area contributed by atoms with Gasteiger partial charge in [0.25, 0.3) is 5.91 Å². The molecule has 0 saturated carbocycles. The van der Waals surface area contributed by atoms with Crippen molar-refractivity contribution >= 4 is 15.9 Å². The van der Waals surface area contributed by atoms with Crippen molar-refractivity contribution in [2.45, 2.75) is 32.6 Å². The first-order valence-corrected chi connectivity index (χ1v) is 11.9. The van der Waals surface area contributed by atoms with Crippen molar-refractivity contribution in [2.24, 2.45) is 0 Å². The second kappa shape index (κ2) is 9.29. The van der Waals surface area contributed by atoms with E-state index in [4.69, 9.17) is 0 Å². The zero-order valence-electron chi connectivity index (χ0n) is 18.2. The topological polar surface area (TPSA) is 69.7 Å². The molecule has 1 atom stereocenters. The molecule has 3 rings (SSSR count). The van der Waals surface area contributed by atoms with Crippen LogP contribution in [0.3, 0.4) is 0 Å². The highest BCUT2D eigenvalue weighted by Gasteiger charge is 2.26. The quantitative estimate of drug-likeness (QED) is 0.767. The Kier molecular flexibility index (Phi) is 6.95. The van der Waals surface area contributed by atoms with Crippen molar-refractivity contribution in [3.8, 4) is 0 Å². The van der Waals surface area contributed by atoms with E-state index in [2.05, 4.69) is 16.3 Å². The molecule has 30 heavy (non-hydrogen) atoms. The Bertz CT molecular complexity index is 995. The largest absolute Gasteiger partial charge is 0.346 e. The van der Waals surface area contributed by atoms with Crippen molar-refractivity contribution in [3.63, 3.8) is 0 Å². The van der Waals surface area contributed by atoms with E-state index in [0.29, 0.717) is 24.2 Å². The summed E-state index contributed by atoms with van der Waals surface area (Å²) in [4.78, 5) is 14.8. The fraction of sp³-hybridized carbons (Fsp3) is 0.435. The van der Waals surface area contributed by atoms with Crippen LogP contribution in [0.4, 0.5) is 0 Å². The summed E-state index contributed by atoms with van der Waals surface area (Å²) in [6.07, 6.45) is 0. The molecule has 1 heterocycles. The van der Waals surface area contributed by atoms with Gasteiger partial charge in [-0.1, -0.05) is 35.9 Å².